The van der Waals surface area contributed by atoms with Crippen LogP contribution in [0.5, 0.6) is 0 Å². The summed E-state index contributed by atoms with van der Waals surface area (Å²) in [5.41, 5.74) is 0. The summed E-state index contributed by atoms with van der Waals surface area (Å²) < 4.78 is 24.6. The second kappa shape index (κ2) is 5.26. The maximum atomic E-state index is 11.5. The van der Waals surface area contributed by atoms with Gasteiger partial charge in [0.15, 0.2) is 0 Å². The smallest absolute Gasteiger partial charge is 0.252 e. The molecule has 0 saturated carbocycles. The molecular formula is C8H15N3O4S. The third-order valence-corrected chi connectivity index (χ3v) is 3.52. The SMILES string of the molecule is CCCS(=O)(=O)NC(=O)C1CNC(=O)CN1. The fraction of sp³-hybridized carbons (Fsp3) is 0.750. The predicted molar refractivity (Wildman–Crippen MR) is 57.0 cm³/mol. The average molecular weight is 249 g/mol. The number of hydrogen-bond acceptors (Lipinski definition) is 5. The van der Waals surface area contributed by atoms with Gasteiger partial charge >= 0.3 is 0 Å². The summed E-state index contributed by atoms with van der Waals surface area (Å²) in [7, 11) is -3.55. The van der Waals surface area contributed by atoms with Crippen molar-refractivity contribution in [1.82, 2.24) is 15.4 Å². The zero-order valence-corrected chi connectivity index (χ0v) is 9.76. The van der Waals surface area contributed by atoms with Gasteiger partial charge in [-0.15, -0.1) is 0 Å². The fourth-order valence-electron chi connectivity index (χ4n) is 1.30. The molecule has 2 amide bonds. The Labute approximate surface area is 94.0 Å². The van der Waals surface area contributed by atoms with Crippen LogP contribution in [0.25, 0.3) is 0 Å². The molecule has 1 saturated heterocycles. The highest BCUT2D eigenvalue weighted by Crippen LogP contribution is 1.93. The van der Waals surface area contributed by atoms with E-state index in [4.69, 9.17) is 0 Å². The normalized spacial score (nSPS) is 21.3. The van der Waals surface area contributed by atoms with Crippen LogP contribution in [0.2, 0.25) is 0 Å². The lowest BCUT2D eigenvalue weighted by Gasteiger charge is -2.22. The van der Waals surface area contributed by atoms with Gasteiger partial charge in [0.25, 0.3) is 5.91 Å². The summed E-state index contributed by atoms with van der Waals surface area (Å²) in [6.45, 7) is 1.83. The Morgan fingerprint density at radius 3 is 2.75 bits per heavy atom. The Hall–Kier alpha value is -1.15. The van der Waals surface area contributed by atoms with Crippen LogP contribution in [0.3, 0.4) is 0 Å². The van der Waals surface area contributed by atoms with Crippen LogP contribution < -0.4 is 15.4 Å². The van der Waals surface area contributed by atoms with Crippen LogP contribution in [0.1, 0.15) is 13.3 Å². The van der Waals surface area contributed by atoms with Crippen LogP contribution in [0.4, 0.5) is 0 Å². The van der Waals surface area contributed by atoms with Crippen molar-refractivity contribution in [2.45, 2.75) is 19.4 Å². The van der Waals surface area contributed by atoms with E-state index in [2.05, 4.69) is 10.6 Å². The van der Waals surface area contributed by atoms with Crippen molar-refractivity contribution in [3.8, 4) is 0 Å². The number of hydrogen-bond donors (Lipinski definition) is 3. The van der Waals surface area contributed by atoms with Crippen molar-refractivity contribution >= 4 is 21.8 Å². The average Bonchev–Trinajstić information content (AvgIpc) is 2.17. The molecule has 1 unspecified atom stereocenters. The summed E-state index contributed by atoms with van der Waals surface area (Å²) in [4.78, 5) is 22.3. The molecule has 3 N–H and O–H groups in total. The van der Waals surface area contributed by atoms with E-state index >= 15 is 0 Å². The quantitative estimate of drug-likeness (QED) is 0.531. The Morgan fingerprint density at radius 2 is 2.25 bits per heavy atom. The number of carbonyl (C=O) groups excluding carboxylic acids is 2. The zero-order valence-electron chi connectivity index (χ0n) is 8.95. The lowest BCUT2D eigenvalue weighted by molar-refractivity contribution is -0.125. The van der Waals surface area contributed by atoms with Gasteiger partial charge in [0.05, 0.1) is 12.3 Å². The summed E-state index contributed by atoms with van der Waals surface area (Å²) in [5.74, 6) is -0.924. The highest BCUT2D eigenvalue weighted by atomic mass is 32.2. The molecule has 8 heteroatoms. The Kier molecular flexibility index (Phi) is 4.25. The highest BCUT2D eigenvalue weighted by molar-refractivity contribution is 7.90. The second-order valence-electron chi connectivity index (χ2n) is 3.52. The summed E-state index contributed by atoms with van der Waals surface area (Å²) in [6.07, 6.45) is 0.442. The maximum Gasteiger partial charge on any atom is 0.252 e. The van der Waals surface area contributed by atoms with Crippen LogP contribution in [-0.4, -0.2) is 45.1 Å². The van der Waals surface area contributed by atoms with Crippen LogP contribution in [-0.2, 0) is 19.6 Å². The Balaban J connectivity index is 2.50. The molecule has 1 rings (SSSR count). The summed E-state index contributed by atoms with van der Waals surface area (Å²) in [5, 5.41) is 5.12. The molecule has 1 aliphatic rings. The van der Waals surface area contributed by atoms with E-state index in [1.165, 1.54) is 0 Å². The molecule has 0 spiro atoms. The molecule has 16 heavy (non-hydrogen) atoms. The third-order valence-electron chi connectivity index (χ3n) is 2.06. The van der Waals surface area contributed by atoms with E-state index in [0.717, 1.165) is 0 Å². The molecule has 0 aromatic carbocycles. The monoisotopic (exact) mass is 249 g/mol. The zero-order chi connectivity index (χ0) is 12.2. The van der Waals surface area contributed by atoms with Crippen molar-refractivity contribution in [2.24, 2.45) is 0 Å². The van der Waals surface area contributed by atoms with Gasteiger partial charge in [0.1, 0.15) is 6.04 Å². The van der Waals surface area contributed by atoms with E-state index in [1.54, 1.807) is 6.92 Å². The molecule has 0 radical (unpaired) electrons. The van der Waals surface area contributed by atoms with Crippen molar-refractivity contribution in [1.29, 1.82) is 0 Å². The number of sulfonamides is 1. The number of rotatable bonds is 4. The van der Waals surface area contributed by atoms with E-state index in [-0.39, 0.29) is 24.7 Å². The molecule has 0 aromatic rings. The predicted octanol–water partition coefficient (Wildman–Crippen LogP) is -2.07. The molecule has 0 aromatic heterocycles. The van der Waals surface area contributed by atoms with Crippen LogP contribution >= 0.6 is 0 Å². The molecule has 1 aliphatic heterocycles. The first-order valence-electron chi connectivity index (χ1n) is 4.99. The molecule has 0 bridgehead atoms. The minimum absolute atomic E-state index is 0.0198. The minimum Gasteiger partial charge on any atom is -0.353 e. The van der Waals surface area contributed by atoms with E-state index in [9.17, 15) is 18.0 Å². The first kappa shape index (κ1) is 12.9. The number of nitrogens with one attached hydrogen (secondary N) is 3. The standard InChI is InChI=1S/C8H15N3O4S/c1-2-3-16(14,15)11-8(13)6-4-10-7(12)5-9-6/h6,9H,2-5H2,1H3,(H,10,12)(H,11,13). The third kappa shape index (κ3) is 3.78. The molecule has 92 valence electrons. The lowest BCUT2D eigenvalue weighted by atomic mass is 10.2. The largest absolute Gasteiger partial charge is 0.353 e. The maximum absolute atomic E-state index is 11.5. The summed E-state index contributed by atoms with van der Waals surface area (Å²) in [6, 6.07) is -0.690. The fourth-order valence-corrected chi connectivity index (χ4v) is 2.38. The number of piperazine rings is 1. The molecular weight excluding hydrogens is 234 g/mol. The van der Waals surface area contributed by atoms with Gasteiger partial charge in [-0.05, 0) is 6.42 Å². The van der Waals surface area contributed by atoms with Crippen LogP contribution in [0.15, 0.2) is 0 Å². The van der Waals surface area contributed by atoms with Gasteiger partial charge in [-0.25, -0.2) is 8.42 Å². The number of carbonyl (C=O) groups is 2. The summed E-state index contributed by atoms with van der Waals surface area (Å²) >= 11 is 0. The van der Waals surface area contributed by atoms with Gasteiger partial charge < -0.3 is 5.32 Å². The van der Waals surface area contributed by atoms with Gasteiger partial charge in [0.2, 0.25) is 15.9 Å². The highest BCUT2D eigenvalue weighted by Gasteiger charge is 2.26. The van der Waals surface area contributed by atoms with E-state index in [1.807, 2.05) is 4.72 Å². The van der Waals surface area contributed by atoms with Crippen molar-refractivity contribution in [3.63, 3.8) is 0 Å². The Morgan fingerprint density at radius 1 is 1.56 bits per heavy atom. The van der Waals surface area contributed by atoms with E-state index < -0.39 is 22.0 Å². The first-order chi connectivity index (χ1) is 7.44. The van der Waals surface area contributed by atoms with Gasteiger partial charge in [0, 0.05) is 6.54 Å². The molecule has 0 aliphatic carbocycles. The Bertz CT molecular complexity index is 369. The molecule has 1 heterocycles. The van der Waals surface area contributed by atoms with Crippen molar-refractivity contribution in [3.05, 3.63) is 0 Å². The van der Waals surface area contributed by atoms with Gasteiger partial charge in [-0.2, -0.15) is 0 Å². The topological polar surface area (TPSA) is 104 Å². The lowest BCUT2D eigenvalue weighted by Crippen LogP contribution is -2.58. The molecule has 1 atom stereocenters. The second-order valence-corrected chi connectivity index (χ2v) is 5.36. The van der Waals surface area contributed by atoms with Gasteiger partial charge in [-0.1, -0.05) is 6.92 Å². The molecule has 1 fully saturated rings. The molecule has 7 nitrogen and oxygen atoms in total. The van der Waals surface area contributed by atoms with Crippen molar-refractivity contribution < 1.29 is 18.0 Å². The van der Waals surface area contributed by atoms with Crippen molar-refractivity contribution in [2.75, 3.05) is 18.8 Å². The van der Waals surface area contributed by atoms with Gasteiger partial charge in [-0.3, -0.25) is 19.6 Å². The number of amides is 2. The first-order valence-corrected chi connectivity index (χ1v) is 6.64. The minimum atomic E-state index is -3.55. The van der Waals surface area contributed by atoms with E-state index in [0.29, 0.717) is 6.42 Å². The van der Waals surface area contributed by atoms with Crippen LogP contribution in [0, 0.1) is 0 Å².